The summed E-state index contributed by atoms with van der Waals surface area (Å²) in [5, 5.41) is 8.32. The molecule has 0 radical (unpaired) electrons. The SMILES string of the molecule is c1ccc2c(CC3CNCCN3)c[nH]c2c1. The molecule has 0 spiro atoms. The van der Waals surface area contributed by atoms with E-state index in [-0.39, 0.29) is 0 Å². The average Bonchev–Trinajstić information content (AvgIpc) is 2.74. The Bertz CT molecular complexity index is 469. The van der Waals surface area contributed by atoms with Crippen molar-refractivity contribution in [2.24, 2.45) is 0 Å². The first kappa shape index (κ1) is 9.87. The third-order valence-electron chi connectivity index (χ3n) is 3.27. The van der Waals surface area contributed by atoms with Crippen molar-refractivity contribution in [3.05, 3.63) is 36.0 Å². The van der Waals surface area contributed by atoms with E-state index in [2.05, 4.69) is 46.1 Å². The molecule has 1 aromatic heterocycles. The number of rotatable bonds is 2. The van der Waals surface area contributed by atoms with Gasteiger partial charge in [-0.15, -0.1) is 0 Å². The van der Waals surface area contributed by atoms with Gasteiger partial charge in [-0.25, -0.2) is 0 Å². The maximum absolute atomic E-state index is 3.55. The topological polar surface area (TPSA) is 39.8 Å². The number of benzene rings is 1. The summed E-state index contributed by atoms with van der Waals surface area (Å²) in [6.07, 6.45) is 3.23. The maximum atomic E-state index is 3.55. The van der Waals surface area contributed by atoms with E-state index < -0.39 is 0 Å². The van der Waals surface area contributed by atoms with Gasteiger partial charge in [0.05, 0.1) is 0 Å². The number of aromatic nitrogens is 1. The first-order valence-electron chi connectivity index (χ1n) is 5.92. The van der Waals surface area contributed by atoms with Gasteiger partial charge in [0.1, 0.15) is 0 Å². The van der Waals surface area contributed by atoms with E-state index in [0.717, 1.165) is 26.1 Å². The van der Waals surface area contributed by atoms with Crippen LogP contribution in [0.5, 0.6) is 0 Å². The van der Waals surface area contributed by atoms with Crippen molar-refractivity contribution >= 4 is 10.9 Å². The number of fused-ring (bicyclic) bond motifs is 1. The molecule has 84 valence electrons. The Kier molecular flexibility index (Phi) is 2.64. The molecule has 3 nitrogen and oxygen atoms in total. The standard InChI is InChI=1S/C13H17N3/c1-2-4-13-12(3-1)10(8-16-13)7-11-9-14-5-6-15-11/h1-4,8,11,14-16H,5-7,9H2. The molecule has 3 heteroatoms. The molecule has 0 saturated carbocycles. The molecule has 16 heavy (non-hydrogen) atoms. The van der Waals surface area contributed by atoms with Gasteiger partial charge in [0.15, 0.2) is 0 Å². The monoisotopic (exact) mass is 215 g/mol. The molecule has 1 fully saturated rings. The van der Waals surface area contributed by atoms with Crippen molar-refractivity contribution in [2.45, 2.75) is 12.5 Å². The van der Waals surface area contributed by atoms with Gasteiger partial charge in [0.25, 0.3) is 0 Å². The fourth-order valence-corrected chi connectivity index (χ4v) is 2.42. The molecule has 0 amide bonds. The van der Waals surface area contributed by atoms with Gasteiger partial charge in [-0.05, 0) is 18.1 Å². The third-order valence-corrected chi connectivity index (χ3v) is 3.27. The van der Waals surface area contributed by atoms with E-state index >= 15 is 0 Å². The quantitative estimate of drug-likeness (QED) is 0.706. The van der Waals surface area contributed by atoms with E-state index in [4.69, 9.17) is 0 Å². The van der Waals surface area contributed by atoms with Crippen LogP contribution in [0.4, 0.5) is 0 Å². The zero-order valence-corrected chi connectivity index (χ0v) is 9.29. The lowest BCUT2D eigenvalue weighted by Crippen LogP contribution is -2.49. The summed E-state index contributed by atoms with van der Waals surface area (Å²) in [6, 6.07) is 9.06. The van der Waals surface area contributed by atoms with Crippen LogP contribution >= 0.6 is 0 Å². The lowest BCUT2D eigenvalue weighted by atomic mass is 10.0. The van der Waals surface area contributed by atoms with E-state index in [1.807, 2.05) is 0 Å². The molecule has 0 aliphatic carbocycles. The fourth-order valence-electron chi connectivity index (χ4n) is 2.42. The highest BCUT2D eigenvalue weighted by molar-refractivity contribution is 5.83. The summed E-state index contributed by atoms with van der Waals surface area (Å²) in [4.78, 5) is 3.33. The number of piperazine rings is 1. The van der Waals surface area contributed by atoms with Crippen LogP contribution in [0.3, 0.4) is 0 Å². The van der Waals surface area contributed by atoms with Crippen molar-refractivity contribution < 1.29 is 0 Å². The minimum atomic E-state index is 0.563. The minimum absolute atomic E-state index is 0.563. The summed E-state index contributed by atoms with van der Waals surface area (Å²) in [5.74, 6) is 0. The Morgan fingerprint density at radius 3 is 3.00 bits per heavy atom. The molecule has 1 aliphatic heterocycles. The third kappa shape index (κ3) is 1.84. The van der Waals surface area contributed by atoms with Crippen LogP contribution in [0.2, 0.25) is 0 Å². The number of para-hydroxylation sites is 1. The molecule has 3 N–H and O–H groups in total. The van der Waals surface area contributed by atoms with Gasteiger partial charge < -0.3 is 15.6 Å². The molecule has 2 aromatic rings. The Labute approximate surface area is 95.2 Å². The van der Waals surface area contributed by atoms with Crippen molar-refractivity contribution in [1.82, 2.24) is 15.6 Å². The zero-order valence-electron chi connectivity index (χ0n) is 9.29. The molecule has 1 unspecified atom stereocenters. The van der Waals surface area contributed by atoms with Gasteiger partial charge in [-0.1, -0.05) is 18.2 Å². The number of H-pyrrole nitrogens is 1. The molecule has 2 heterocycles. The van der Waals surface area contributed by atoms with Gasteiger partial charge in [0, 0.05) is 42.8 Å². The molecule has 1 saturated heterocycles. The second-order valence-corrected chi connectivity index (χ2v) is 4.42. The second-order valence-electron chi connectivity index (χ2n) is 4.42. The summed E-state index contributed by atoms with van der Waals surface area (Å²) in [7, 11) is 0. The molecular weight excluding hydrogens is 198 g/mol. The Hall–Kier alpha value is -1.32. The highest BCUT2D eigenvalue weighted by Gasteiger charge is 2.14. The number of hydrogen-bond donors (Lipinski definition) is 3. The molecule has 3 rings (SSSR count). The normalized spacial score (nSPS) is 21.4. The second kappa shape index (κ2) is 4.28. The molecule has 1 aromatic carbocycles. The Morgan fingerprint density at radius 1 is 1.19 bits per heavy atom. The molecular formula is C13H17N3. The van der Waals surface area contributed by atoms with Crippen LogP contribution in [0.1, 0.15) is 5.56 Å². The van der Waals surface area contributed by atoms with Crippen LogP contribution in [0.15, 0.2) is 30.5 Å². The highest BCUT2D eigenvalue weighted by atomic mass is 15.0. The summed E-state index contributed by atoms with van der Waals surface area (Å²) >= 11 is 0. The van der Waals surface area contributed by atoms with E-state index in [1.54, 1.807) is 0 Å². The van der Waals surface area contributed by atoms with Crippen LogP contribution < -0.4 is 10.6 Å². The van der Waals surface area contributed by atoms with Crippen LogP contribution in [-0.4, -0.2) is 30.7 Å². The zero-order chi connectivity index (χ0) is 10.8. The van der Waals surface area contributed by atoms with Crippen molar-refractivity contribution in [3.8, 4) is 0 Å². The molecule has 1 atom stereocenters. The van der Waals surface area contributed by atoms with Crippen LogP contribution in [0, 0.1) is 0 Å². The fraction of sp³-hybridized carbons (Fsp3) is 0.385. The maximum Gasteiger partial charge on any atom is 0.0456 e. The highest BCUT2D eigenvalue weighted by Crippen LogP contribution is 2.19. The Morgan fingerprint density at radius 2 is 2.12 bits per heavy atom. The van der Waals surface area contributed by atoms with Crippen molar-refractivity contribution in [2.75, 3.05) is 19.6 Å². The lowest BCUT2D eigenvalue weighted by Gasteiger charge is -2.24. The average molecular weight is 215 g/mol. The largest absolute Gasteiger partial charge is 0.361 e. The van der Waals surface area contributed by atoms with Gasteiger partial charge in [0.2, 0.25) is 0 Å². The lowest BCUT2D eigenvalue weighted by molar-refractivity contribution is 0.417. The van der Waals surface area contributed by atoms with Gasteiger partial charge >= 0.3 is 0 Å². The van der Waals surface area contributed by atoms with Gasteiger partial charge in [-0.2, -0.15) is 0 Å². The summed E-state index contributed by atoms with van der Waals surface area (Å²) in [5.41, 5.74) is 2.65. The molecule has 0 bridgehead atoms. The first-order chi connectivity index (χ1) is 7.93. The number of nitrogens with one attached hydrogen (secondary N) is 3. The first-order valence-corrected chi connectivity index (χ1v) is 5.92. The smallest absolute Gasteiger partial charge is 0.0456 e. The molecule has 1 aliphatic rings. The number of aromatic amines is 1. The van der Waals surface area contributed by atoms with Crippen LogP contribution in [-0.2, 0) is 6.42 Å². The predicted octanol–water partition coefficient (Wildman–Crippen LogP) is 1.27. The van der Waals surface area contributed by atoms with Crippen molar-refractivity contribution in [3.63, 3.8) is 0 Å². The van der Waals surface area contributed by atoms with Crippen molar-refractivity contribution in [1.29, 1.82) is 0 Å². The van der Waals surface area contributed by atoms with E-state index in [9.17, 15) is 0 Å². The minimum Gasteiger partial charge on any atom is -0.361 e. The Balaban J connectivity index is 1.83. The summed E-state index contributed by atoms with van der Waals surface area (Å²) in [6.45, 7) is 3.23. The van der Waals surface area contributed by atoms with Crippen LogP contribution in [0.25, 0.3) is 10.9 Å². The predicted molar refractivity (Wildman–Crippen MR) is 66.7 cm³/mol. The van der Waals surface area contributed by atoms with E-state index in [0.29, 0.717) is 6.04 Å². The van der Waals surface area contributed by atoms with E-state index in [1.165, 1.54) is 16.5 Å². The number of hydrogen-bond acceptors (Lipinski definition) is 2. The van der Waals surface area contributed by atoms with Gasteiger partial charge in [-0.3, -0.25) is 0 Å². The summed E-state index contributed by atoms with van der Waals surface area (Å²) < 4.78 is 0.